The number of amides is 1. The topological polar surface area (TPSA) is 71.3 Å². The molecule has 148 valence electrons. The van der Waals surface area contributed by atoms with Crippen LogP contribution in [0.5, 0.6) is 11.5 Å². The van der Waals surface area contributed by atoms with Gasteiger partial charge >= 0.3 is 0 Å². The molecule has 0 aliphatic rings. The Hall–Kier alpha value is -2.97. The maximum atomic E-state index is 12.6. The number of carbonyl (C=O) groups is 1. The predicted octanol–water partition coefficient (Wildman–Crippen LogP) is 4.86. The number of ether oxygens (including phenoxy) is 2. The van der Waals surface area contributed by atoms with Gasteiger partial charge in [-0.25, -0.2) is 0 Å². The van der Waals surface area contributed by atoms with Gasteiger partial charge in [-0.2, -0.15) is 5.26 Å². The van der Waals surface area contributed by atoms with Gasteiger partial charge in [-0.1, -0.05) is 18.1 Å². The van der Waals surface area contributed by atoms with Crippen molar-refractivity contribution >= 4 is 40.3 Å². The molecule has 0 atom stereocenters. The highest BCUT2D eigenvalue weighted by Gasteiger charge is 2.15. The van der Waals surface area contributed by atoms with Crippen LogP contribution in [0.2, 0.25) is 0 Å². The van der Waals surface area contributed by atoms with Gasteiger partial charge in [0.25, 0.3) is 5.91 Å². The third-order valence-electron chi connectivity index (χ3n) is 3.95. The molecule has 2 rings (SSSR count). The number of aryl methyl sites for hydroxylation is 2. The molecule has 0 aromatic heterocycles. The fourth-order valence-electron chi connectivity index (χ4n) is 2.56. The highest BCUT2D eigenvalue weighted by Crippen LogP contribution is 2.35. The van der Waals surface area contributed by atoms with E-state index in [9.17, 15) is 10.1 Å². The second-order valence-electron chi connectivity index (χ2n) is 6.20. The van der Waals surface area contributed by atoms with E-state index in [-0.39, 0.29) is 12.2 Å². The molecule has 0 unspecified atom stereocenters. The Morgan fingerprint density at radius 2 is 2.03 bits per heavy atom. The molecular formula is C23H21IN2O3. The van der Waals surface area contributed by atoms with Crippen molar-refractivity contribution in [1.82, 2.24) is 0 Å². The van der Waals surface area contributed by atoms with Crippen LogP contribution in [-0.4, -0.2) is 19.1 Å². The molecule has 0 spiro atoms. The number of carbonyl (C=O) groups excluding carboxylic acids is 1. The van der Waals surface area contributed by atoms with Gasteiger partial charge in [-0.3, -0.25) is 4.79 Å². The summed E-state index contributed by atoms with van der Waals surface area (Å²) in [5.41, 5.74) is 3.26. The lowest BCUT2D eigenvalue weighted by Crippen LogP contribution is -2.14. The fourth-order valence-corrected chi connectivity index (χ4v) is 3.34. The van der Waals surface area contributed by atoms with Crippen LogP contribution in [0, 0.1) is 41.1 Å². The van der Waals surface area contributed by atoms with E-state index in [0.717, 1.165) is 14.7 Å². The minimum absolute atomic E-state index is 0.0125. The third kappa shape index (κ3) is 6.00. The summed E-state index contributed by atoms with van der Waals surface area (Å²) in [4.78, 5) is 12.6. The van der Waals surface area contributed by atoms with E-state index in [1.165, 1.54) is 6.08 Å². The summed E-state index contributed by atoms with van der Waals surface area (Å²) in [6.07, 6.45) is 6.80. The Morgan fingerprint density at radius 1 is 1.28 bits per heavy atom. The first-order valence-electron chi connectivity index (χ1n) is 8.92. The van der Waals surface area contributed by atoms with Crippen LogP contribution in [0.4, 0.5) is 5.69 Å². The zero-order chi connectivity index (χ0) is 21.4. The first-order valence-corrected chi connectivity index (χ1v) is 10.0. The molecule has 0 saturated carbocycles. The molecule has 29 heavy (non-hydrogen) atoms. The quantitative estimate of drug-likeness (QED) is 0.255. The lowest BCUT2D eigenvalue weighted by molar-refractivity contribution is -0.112. The molecule has 1 amide bonds. The van der Waals surface area contributed by atoms with E-state index in [4.69, 9.17) is 15.9 Å². The van der Waals surface area contributed by atoms with Gasteiger partial charge in [-0.05, 0) is 84.3 Å². The van der Waals surface area contributed by atoms with Crippen LogP contribution in [-0.2, 0) is 4.79 Å². The van der Waals surface area contributed by atoms with E-state index < -0.39 is 5.91 Å². The number of hydrogen-bond acceptors (Lipinski definition) is 4. The normalized spacial score (nSPS) is 10.6. The summed E-state index contributed by atoms with van der Waals surface area (Å²) in [5.74, 6) is 3.01. The highest BCUT2D eigenvalue weighted by molar-refractivity contribution is 14.1. The van der Waals surface area contributed by atoms with Gasteiger partial charge in [0, 0.05) is 5.69 Å². The van der Waals surface area contributed by atoms with Crippen molar-refractivity contribution in [1.29, 1.82) is 5.26 Å². The van der Waals surface area contributed by atoms with Crippen LogP contribution >= 0.6 is 22.6 Å². The summed E-state index contributed by atoms with van der Waals surface area (Å²) in [5, 5.41) is 12.3. The molecule has 0 bridgehead atoms. The van der Waals surface area contributed by atoms with Crippen molar-refractivity contribution in [2.45, 2.75) is 20.8 Å². The van der Waals surface area contributed by atoms with Gasteiger partial charge < -0.3 is 14.8 Å². The number of terminal acetylenes is 1. The minimum Gasteiger partial charge on any atom is -0.490 e. The van der Waals surface area contributed by atoms with Crippen LogP contribution in [0.15, 0.2) is 35.9 Å². The Bertz CT molecular complexity index is 1030. The van der Waals surface area contributed by atoms with E-state index in [1.807, 2.05) is 45.0 Å². The largest absolute Gasteiger partial charge is 0.490 e. The van der Waals surface area contributed by atoms with Crippen molar-refractivity contribution in [3.8, 4) is 29.9 Å². The molecule has 0 heterocycles. The molecule has 2 aromatic rings. The summed E-state index contributed by atoms with van der Waals surface area (Å²) in [6, 6.07) is 11.3. The van der Waals surface area contributed by atoms with Gasteiger partial charge in [0.15, 0.2) is 11.5 Å². The summed E-state index contributed by atoms with van der Waals surface area (Å²) >= 11 is 2.11. The van der Waals surface area contributed by atoms with Crippen molar-refractivity contribution < 1.29 is 14.3 Å². The summed E-state index contributed by atoms with van der Waals surface area (Å²) < 4.78 is 12.0. The van der Waals surface area contributed by atoms with Gasteiger partial charge in [0.2, 0.25) is 0 Å². The summed E-state index contributed by atoms with van der Waals surface area (Å²) in [7, 11) is 0. The van der Waals surface area contributed by atoms with Crippen molar-refractivity contribution in [2.24, 2.45) is 0 Å². The molecule has 2 aromatic carbocycles. The molecular weight excluding hydrogens is 479 g/mol. The van der Waals surface area contributed by atoms with E-state index in [0.29, 0.717) is 29.4 Å². The summed E-state index contributed by atoms with van der Waals surface area (Å²) in [6.45, 7) is 6.26. The molecule has 1 N–H and O–H groups in total. The van der Waals surface area contributed by atoms with Gasteiger partial charge in [0.05, 0.1) is 10.2 Å². The number of anilines is 1. The molecule has 0 aliphatic carbocycles. The number of benzene rings is 2. The Morgan fingerprint density at radius 3 is 2.69 bits per heavy atom. The number of hydrogen-bond donors (Lipinski definition) is 1. The Kier molecular flexibility index (Phi) is 8.11. The molecule has 0 radical (unpaired) electrons. The number of rotatable bonds is 7. The monoisotopic (exact) mass is 500 g/mol. The number of nitrogens with zero attached hydrogens (tertiary/aromatic N) is 1. The molecule has 5 nitrogen and oxygen atoms in total. The van der Waals surface area contributed by atoms with Crippen LogP contribution in [0.1, 0.15) is 23.6 Å². The minimum atomic E-state index is -0.471. The average Bonchev–Trinajstić information content (AvgIpc) is 2.68. The van der Waals surface area contributed by atoms with Crippen molar-refractivity contribution in [2.75, 3.05) is 18.5 Å². The lowest BCUT2D eigenvalue weighted by atomic mass is 10.1. The lowest BCUT2D eigenvalue weighted by Gasteiger charge is -2.13. The zero-order valence-electron chi connectivity index (χ0n) is 16.5. The highest BCUT2D eigenvalue weighted by atomic mass is 127. The number of nitriles is 1. The SMILES string of the molecule is C#CCOc1c(I)cc(/C=C(\C#N)C(=O)Nc2cc(C)ccc2C)cc1OCC. The molecule has 6 heteroatoms. The van der Waals surface area contributed by atoms with E-state index in [1.54, 1.807) is 12.1 Å². The number of halogens is 1. The second kappa shape index (κ2) is 10.5. The van der Waals surface area contributed by atoms with Gasteiger partial charge in [-0.15, -0.1) is 6.42 Å². The van der Waals surface area contributed by atoms with Crippen LogP contribution < -0.4 is 14.8 Å². The standard InChI is InChI=1S/C23H21IN2O3/c1-5-9-29-22-19(24)12-17(13-21(22)28-6-2)11-18(14-25)23(27)26-20-10-15(3)7-8-16(20)4/h1,7-8,10-13H,6,9H2,2-4H3,(H,26,27)/b18-11+. The molecule has 0 saturated heterocycles. The maximum absolute atomic E-state index is 12.6. The Labute approximate surface area is 184 Å². The van der Waals surface area contributed by atoms with Crippen LogP contribution in [0.25, 0.3) is 6.08 Å². The number of nitrogens with one attached hydrogen (secondary N) is 1. The average molecular weight is 500 g/mol. The first kappa shape index (κ1) is 22.3. The third-order valence-corrected chi connectivity index (χ3v) is 4.75. The molecule has 0 fully saturated rings. The molecule has 0 aliphatic heterocycles. The van der Waals surface area contributed by atoms with Crippen molar-refractivity contribution in [3.05, 3.63) is 56.2 Å². The van der Waals surface area contributed by atoms with E-state index in [2.05, 4.69) is 33.8 Å². The van der Waals surface area contributed by atoms with Crippen LogP contribution in [0.3, 0.4) is 0 Å². The second-order valence-corrected chi connectivity index (χ2v) is 7.36. The van der Waals surface area contributed by atoms with E-state index >= 15 is 0 Å². The Balaban J connectivity index is 2.36. The van der Waals surface area contributed by atoms with Crippen molar-refractivity contribution in [3.63, 3.8) is 0 Å². The zero-order valence-corrected chi connectivity index (χ0v) is 18.7. The van der Waals surface area contributed by atoms with Gasteiger partial charge in [0.1, 0.15) is 18.2 Å². The maximum Gasteiger partial charge on any atom is 0.266 e. The fraction of sp³-hybridized carbons (Fsp3) is 0.217. The first-order chi connectivity index (χ1) is 13.9. The predicted molar refractivity (Wildman–Crippen MR) is 123 cm³/mol. The smallest absolute Gasteiger partial charge is 0.266 e.